The summed E-state index contributed by atoms with van der Waals surface area (Å²) in [5, 5.41) is 30.7. The molecule has 4 N–H and O–H groups in total. The van der Waals surface area contributed by atoms with Gasteiger partial charge < -0.3 is 20.6 Å². The fraction of sp³-hybridized carbons (Fsp3) is 0. The van der Waals surface area contributed by atoms with Crippen molar-refractivity contribution >= 4 is 40.2 Å². The minimum Gasteiger partial charge on any atom is -0.507 e. The molecule has 0 aliphatic heterocycles. The summed E-state index contributed by atoms with van der Waals surface area (Å²) in [6.07, 6.45) is 0. The van der Waals surface area contributed by atoms with Crippen molar-refractivity contribution in [1.82, 2.24) is 0 Å². The molecule has 2 aromatic rings. The van der Waals surface area contributed by atoms with Crippen LogP contribution in [0.3, 0.4) is 0 Å². The summed E-state index contributed by atoms with van der Waals surface area (Å²) in [5.74, 6) is -2.42. The number of anilines is 1. The number of amides is 1. The minimum atomic E-state index is -1.30. The lowest BCUT2D eigenvalue weighted by molar-refractivity contribution is 0.0693. The molecule has 0 fully saturated rings. The van der Waals surface area contributed by atoms with Gasteiger partial charge in [-0.05, 0) is 52.9 Å². The third kappa shape index (κ3) is 3.24. The van der Waals surface area contributed by atoms with Gasteiger partial charge in [0.2, 0.25) is 0 Å². The number of carboxylic acids is 1. The van der Waals surface area contributed by atoms with E-state index in [0.29, 0.717) is 3.57 Å². The maximum atomic E-state index is 12.0. The number of hydrogen-bond donors (Lipinski definition) is 4. The van der Waals surface area contributed by atoms with Crippen LogP contribution in [0, 0.1) is 3.57 Å². The Morgan fingerprint density at radius 3 is 2.43 bits per heavy atom. The highest BCUT2D eigenvalue weighted by atomic mass is 127. The molecule has 0 heterocycles. The quantitative estimate of drug-likeness (QED) is 0.469. The van der Waals surface area contributed by atoms with Gasteiger partial charge in [-0.15, -0.1) is 0 Å². The third-order valence-corrected chi connectivity index (χ3v) is 3.64. The second kappa shape index (κ2) is 6.00. The van der Waals surface area contributed by atoms with Crippen molar-refractivity contribution in [2.45, 2.75) is 0 Å². The summed E-state index contributed by atoms with van der Waals surface area (Å²) in [7, 11) is 0. The van der Waals surface area contributed by atoms with Crippen LogP contribution in [0.4, 0.5) is 5.69 Å². The maximum Gasteiger partial charge on any atom is 0.339 e. The molecule has 6 nitrogen and oxygen atoms in total. The van der Waals surface area contributed by atoms with Gasteiger partial charge in [-0.2, -0.15) is 0 Å². The van der Waals surface area contributed by atoms with Gasteiger partial charge in [-0.25, -0.2) is 4.79 Å². The highest BCUT2D eigenvalue weighted by Gasteiger charge is 2.15. The molecule has 1 amide bonds. The molecule has 0 unspecified atom stereocenters. The first kappa shape index (κ1) is 15.1. The van der Waals surface area contributed by atoms with E-state index < -0.39 is 17.6 Å². The van der Waals surface area contributed by atoms with Crippen LogP contribution in [0.1, 0.15) is 20.7 Å². The normalized spacial score (nSPS) is 10.1. The molecule has 0 aliphatic carbocycles. The van der Waals surface area contributed by atoms with Gasteiger partial charge >= 0.3 is 5.97 Å². The highest BCUT2D eigenvalue weighted by molar-refractivity contribution is 14.1. The number of phenolic OH excluding ortho intramolecular Hbond substituents is 1. The zero-order valence-corrected chi connectivity index (χ0v) is 12.7. The topological polar surface area (TPSA) is 107 Å². The maximum absolute atomic E-state index is 12.0. The Morgan fingerprint density at radius 1 is 1.10 bits per heavy atom. The van der Waals surface area contributed by atoms with E-state index in [0.717, 1.165) is 0 Å². The fourth-order valence-corrected chi connectivity index (χ4v) is 2.00. The number of hydrogen-bond acceptors (Lipinski definition) is 4. The number of para-hydroxylation sites is 1. The molecule has 2 aromatic carbocycles. The molecule has 108 valence electrons. The van der Waals surface area contributed by atoms with Gasteiger partial charge in [-0.3, -0.25) is 4.79 Å². The van der Waals surface area contributed by atoms with Gasteiger partial charge in [0.15, 0.2) is 5.75 Å². The smallest absolute Gasteiger partial charge is 0.339 e. The Bertz CT molecular complexity index is 729. The number of aromatic hydroxyl groups is 2. The molecule has 7 heteroatoms. The number of nitrogens with one attached hydrogen (secondary N) is 1. The number of aromatic carboxylic acids is 1. The number of carbonyl (C=O) groups is 2. The molecule has 0 saturated carbocycles. The van der Waals surface area contributed by atoms with E-state index >= 15 is 0 Å². The summed E-state index contributed by atoms with van der Waals surface area (Å²) < 4.78 is 0.597. The number of carbonyl (C=O) groups excluding carboxylic acids is 1. The highest BCUT2D eigenvalue weighted by Crippen LogP contribution is 2.28. The Hall–Kier alpha value is -2.29. The predicted molar refractivity (Wildman–Crippen MR) is 83.8 cm³/mol. The van der Waals surface area contributed by atoms with E-state index in [-0.39, 0.29) is 22.6 Å². The summed E-state index contributed by atoms with van der Waals surface area (Å²) in [5.41, 5.74) is -0.135. The van der Waals surface area contributed by atoms with E-state index in [2.05, 4.69) is 5.32 Å². The second-order valence-corrected chi connectivity index (χ2v) is 5.29. The zero-order chi connectivity index (χ0) is 15.6. The third-order valence-electron chi connectivity index (χ3n) is 2.72. The van der Waals surface area contributed by atoms with Crippen molar-refractivity contribution < 1.29 is 24.9 Å². The van der Waals surface area contributed by atoms with Gasteiger partial charge in [0, 0.05) is 5.56 Å². The number of rotatable bonds is 3. The lowest BCUT2D eigenvalue weighted by Gasteiger charge is -2.09. The number of halogens is 1. The van der Waals surface area contributed by atoms with Gasteiger partial charge in [0.05, 0.1) is 9.26 Å². The molecule has 0 atom stereocenters. The fourth-order valence-electron chi connectivity index (χ4n) is 1.67. The van der Waals surface area contributed by atoms with E-state index in [9.17, 15) is 19.8 Å². The Balaban J connectivity index is 2.29. The first-order valence-corrected chi connectivity index (χ1v) is 6.83. The van der Waals surface area contributed by atoms with Gasteiger partial charge in [-0.1, -0.05) is 6.07 Å². The van der Waals surface area contributed by atoms with Crippen LogP contribution >= 0.6 is 22.6 Å². The van der Waals surface area contributed by atoms with Crippen LogP contribution in [-0.2, 0) is 0 Å². The largest absolute Gasteiger partial charge is 0.507 e. The SMILES string of the molecule is O=C(Nc1cccc(C(=O)O)c1O)c1ccc(I)c(O)c1. The lowest BCUT2D eigenvalue weighted by Crippen LogP contribution is -2.12. The number of benzene rings is 2. The first-order valence-electron chi connectivity index (χ1n) is 5.75. The van der Waals surface area contributed by atoms with E-state index in [1.54, 1.807) is 6.07 Å². The summed E-state index contributed by atoms with van der Waals surface area (Å²) in [6.45, 7) is 0. The van der Waals surface area contributed by atoms with Gasteiger partial charge in [0.25, 0.3) is 5.91 Å². The van der Waals surface area contributed by atoms with E-state index in [4.69, 9.17) is 5.11 Å². The summed E-state index contributed by atoms with van der Waals surface area (Å²) >= 11 is 1.92. The second-order valence-electron chi connectivity index (χ2n) is 4.13. The van der Waals surface area contributed by atoms with Crippen LogP contribution < -0.4 is 5.32 Å². The first-order chi connectivity index (χ1) is 9.90. The Morgan fingerprint density at radius 2 is 1.81 bits per heavy atom. The van der Waals surface area contributed by atoms with Crippen LogP contribution in [-0.4, -0.2) is 27.2 Å². The van der Waals surface area contributed by atoms with Crippen molar-refractivity contribution in [3.63, 3.8) is 0 Å². The number of phenols is 2. The molecular formula is C14H10INO5. The predicted octanol–water partition coefficient (Wildman–Crippen LogP) is 2.65. The zero-order valence-electron chi connectivity index (χ0n) is 10.5. The minimum absolute atomic E-state index is 0.0158. The monoisotopic (exact) mass is 399 g/mol. The van der Waals surface area contributed by atoms with Crippen LogP contribution in [0.2, 0.25) is 0 Å². The van der Waals surface area contributed by atoms with Crippen molar-refractivity contribution in [3.8, 4) is 11.5 Å². The molecule has 0 bridgehead atoms. The van der Waals surface area contributed by atoms with Crippen molar-refractivity contribution in [1.29, 1.82) is 0 Å². The Kier molecular flexibility index (Phi) is 4.32. The molecule has 2 rings (SSSR count). The van der Waals surface area contributed by atoms with E-state index in [1.165, 1.54) is 30.3 Å². The molecular weight excluding hydrogens is 389 g/mol. The average Bonchev–Trinajstić information content (AvgIpc) is 2.43. The van der Waals surface area contributed by atoms with Crippen LogP contribution in [0.25, 0.3) is 0 Å². The van der Waals surface area contributed by atoms with Crippen LogP contribution in [0.5, 0.6) is 11.5 Å². The average molecular weight is 399 g/mol. The number of carboxylic acid groups (broad SMARTS) is 1. The summed E-state index contributed by atoms with van der Waals surface area (Å²) in [4.78, 5) is 22.9. The van der Waals surface area contributed by atoms with E-state index in [1.807, 2.05) is 22.6 Å². The van der Waals surface area contributed by atoms with Crippen molar-refractivity contribution in [3.05, 3.63) is 51.1 Å². The standard InChI is InChI=1S/C14H10INO5/c15-9-5-4-7(6-11(9)17)13(19)16-10-3-1-2-8(12(10)18)14(20)21/h1-6,17-18H,(H,16,19)(H,20,21). The molecule has 0 saturated heterocycles. The van der Waals surface area contributed by atoms with Crippen molar-refractivity contribution in [2.75, 3.05) is 5.32 Å². The molecule has 0 radical (unpaired) electrons. The summed E-state index contributed by atoms with van der Waals surface area (Å²) in [6, 6.07) is 8.38. The van der Waals surface area contributed by atoms with Gasteiger partial charge in [0.1, 0.15) is 11.3 Å². The lowest BCUT2D eigenvalue weighted by atomic mass is 10.1. The van der Waals surface area contributed by atoms with Crippen molar-refractivity contribution in [2.24, 2.45) is 0 Å². The molecule has 21 heavy (non-hydrogen) atoms. The Labute approximate surface area is 133 Å². The molecule has 0 aromatic heterocycles. The van der Waals surface area contributed by atoms with Crippen LogP contribution in [0.15, 0.2) is 36.4 Å². The molecule has 0 aliphatic rings. The molecule has 0 spiro atoms.